The molecule has 1 aliphatic carbocycles. The molecule has 1 fully saturated rings. The van der Waals surface area contributed by atoms with E-state index < -0.39 is 11.6 Å². The summed E-state index contributed by atoms with van der Waals surface area (Å²) in [4.78, 5) is 13.8. The highest BCUT2D eigenvalue weighted by Crippen LogP contribution is 2.29. The first-order valence-electron chi connectivity index (χ1n) is 6.93. The first kappa shape index (κ1) is 14.9. The summed E-state index contributed by atoms with van der Waals surface area (Å²) in [6.45, 7) is 0.538. The van der Waals surface area contributed by atoms with Crippen molar-refractivity contribution in [3.63, 3.8) is 0 Å². The highest BCUT2D eigenvalue weighted by molar-refractivity contribution is 5.79. The SMILES string of the molecule is CN(C(=O)Cc1c(F)cccc1F)C1CCCC1CN. The van der Waals surface area contributed by atoms with Gasteiger partial charge in [0.25, 0.3) is 0 Å². The quantitative estimate of drug-likeness (QED) is 0.919. The number of hydrogen-bond donors (Lipinski definition) is 1. The number of nitrogens with zero attached hydrogens (tertiary/aromatic N) is 1. The standard InChI is InChI=1S/C15H20F2N2O/c1-19(14-7-2-4-10(14)9-18)15(20)8-11-12(16)5-3-6-13(11)17/h3,5-6,10,14H,2,4,7-9,18H2,1H3. The van der Waals surface area contributed by atoms with Gasteiger partial charge in [-0.05, 0) is 37.4 Å². The smallest absolute Gasteiger partial charge is 0.227 e. The van der Waals surface area contributed by atoms with Gasteiger partial charge in [-0.15, -0.1) is 0 Å². The number of hydrogen-bond acceptors (Lipinski definition) is 2. The van der Waals surface area contributed by atoms with E-state index in [4.69, 9.17) is 5.73 Å². The zero-order chi connectivity index (χ0) is 14.7. The van der Waals surface area contributed by atoms with E-state index in [1.807, 2.05) is 0 Å². The second kappa shape index (κ2) is 6.31. The van der Waals surface area contributed by atoms with Gasteiger partial charge in [-0.25, -0.2) is 8.78 Å². The molecular formula is C15H20F2N2O. The number of nitrogens with two attached hydrogens (primary N) is 1. The van der Waals surface area contributed by atoms with Crippen molar-refractivity contribution in [1.29, 1.82) is 0 Å². The first-order valence-corrected chi connectivity index (χ1v) is 6.93. The maximum atomic E-state index is 13.6. The van der Waals surface area contributed by atoms with E-state index in [1.165, 1.54) is 18.2 Å². The Balaban J connectivity index is 2.08. The van der Waals surface area contributed by atoms with Gasteiger partial charge in [0.15, 0.2) is 0 Å². The van der Waals surface area contributed by atoms with E-state index in [1.54, 1.807) is 11.9 Å². The lowest BCUT2D eigenvalue weighted by Crippen LogP contribution is -2.42. The Kier molecular flexibility index (Phi) is 4.70. The number of carbonyl (C=O) groups excluding carboxylic acids is 1. The van der Waals surface area contributed by atoms with E-state index >= 15 is 0 Å². The van der Waals surface area contributed by atoms with Crippen molar-refractivity contribution in [2.75, 3.05) is 13.6 Å². The van der Waals surface area contributed by atoms with Crippen LogP contribution in [0.1, 0.15) is 24.8 Å². The van der Waals surface area contributed by atoms with Crippen LogP contribution in [0.5, 0.6) is 0 Å². The van der Waals surface area contributed by atoms with Gasteiger partial charge in [-0.1, -0.05) is 12.5 Å². The Hall–Kier alpha value is -1.49. The van der Waals surface area contributed by atoms with E-state index in [2.05, 4.69) is 0 Å². The summed E-state index contributed by atoms with van der Waals surface area (Å²) in [5, 5.41) is 0. The molecule has 0 heterocycles. The molecule has 1 aromatic rings. The monoisotopic (exact) mass is 282 g/mol. The van der Waals surface area contributed by atoms with Gasteiger partial charge in [0.2, 0.25) is 5.91 Å². The molecule has 1 aliphatic rings. The third kappa shape index (κ3) is 2.98. The molecule has 0 spiro atoms. The first-order chi connectivity index (χ1) is 9.54. The van der Waals surface area contributed by atoms with Crippen molar-refractivity contribution in [2.45, 2.75) is 31.7 Å². The zero-order valence-corrected chi connectivity index (χ0v) is 11.6. The zero-order valence-electron chi connectivity index (χ0n) is 11.6. The molecule has 0 aliphatic heterocycles. The molecular weight excluding hydrogens is 262 g/mol. The molecule has 3 nitrogen and oxygen atoms in total. The predicted octanol–water partition coefficient (Wildman–Crippen LogP) is 2.09. The summed E-state index contributed by atoms with van der Waals surface area (Å²) < 4.78 is 27.1. The number of carbonyl (C=O) groups is 1. The summed E-state index contributed by atoms with van der Waals surface area (Å²) >= 11 is 0. The van der Waals surface area contributed by atoms with Gasteiger partial charge in [0.1, 0.15) is 11.6 Å². The fraction of sp³-hybridized carbons (Fsp3) is 0.533. The number of likely N-dealkylation sites (N-methyl/N-ethyl adjacent to an activating group) is 1. The summed E-state index contributed by atoms with van der Waals surface area (Å²) in [5.74, 6) is -1.32. The Labute approximate surface area is 117 Å². The molecule has 5 heteroatoms. The van der Waals surface area contributed by atoms with E-state index in [9.17, 15) is 13.6 Å². The van der Waals surface area contributed by atoms with Crippen molar-refractivity contribution >= 4 is 5.91 Å². The summed E-state index contributed by atoms with van der Waals surface area (Å²) in [6.07, 6.45) is 2.71. The lowest BCUT2D eigenvalue weighted by molar-refractivity contribution is -0.131. The molecule has 0 aromatic heterocycles. The number of halogens is 2. The van der Waals surface area contributed by atoms with Crippen LogP contribution in [0.3, 0.4) is 0 Å². The highest BCUT2D eigenvalue weighted by atomic mass is 19.1. The lowest BCUT2D eigenvalue weighted by Gasteiger charge is -2.29. The van der Waals surface area contributed by atoms with Gasteiger partial charge >= 0.3 is 0 Å². The van der Waals surface area contributed by atoms with Crippen molar-refractivity contribution in [2.24, 2.45) is 11.7 Å². The van der Waals surface area contributed by atoms with Crippen LogP contribution in [0.2, 0.25) is 0 Å². The largest absolute Gasteiger partial charge is 0.342 e. The third-order valence-corrected chi connectivity index (χ3v) is 4.20. The minimum atomic E-state index is -0.673. The Bertz CT molecular complexity index is 473. The maximum Gasteiger partial charge on any atom is 0.227 e. The van der Waals surface area contributed by atoms with E-state index in [0.29, 0.717) is 6.54 Å². The van der Waals surface area contributed by atoms with Gasteiger partial charge in [0.05, 0.1) is 6.42 Å². The second-order valence-corrected chi connectivity index (χ2v) is 5.38. The molecule has 0 bridgehead atoms. The lowest BCUT2D eigenvalue weighted by atomic mass is 10.0. The molecule has 110 valence electrons. The Morgan fingerprint density at radius 3 is 2.60 bits per heavy atom. The van der Waals surface area contributed by atoms with Crippen molar-refractivity contribution in [1.82, 2.24) is 4.90 Å². The summed E-state index contributed by atoms with van der Waals surface area (Å²) in [7, 11) is 1.69. The van der Waals surface area contributed by atoms with E-state index in [0.717, 1.165) is 19.3 Å². The van der Waals surface area contributed by atoms with Gasteiger partial charge < -0.3 is 10.6 Å². The van der Waals surface area contributed by atoms with Crippen LogP contribution in [0.25, 0.3) is 0 Å². The minimum Gasteiger partial charge on any atom is -0.342 e. The van der Waals surface area contributed by atoms with Crippen LogP contribution in [-0.4, -0.2) is 30.4 Å². The fourth-order valence-electron chi connectivity index (χ4n) is 2.96. The molecule has 0 radical (unpaired) electrons. The van der Waals surface area contributed by atoms with Crippen molar-refractivity contribution in [3.05, 3.63) is 35.4 Å². The molecule has 2 unspecified atom stereocenters. The molecule has 2 rings (SSSR count). The van der Waals surface area contributed by atoms with Crippen LogP contribution < -0.4 is 5.73 Å². The molecule has 20 heavy (non-hydrogen) atoms. The van der Waals surface area contributed by atoms with Crippen LogP contribution in [-0.2, 0) is 11.2 Å². The number of amides is 1. The van der Waals surface area contributed by atoms with Gasteiger partial charge in [-0.3, -0.25) is 4.79 Å². The van der Waals surface area contributed by atoms with Crippen LogP contribution >= 0.6 is 0 Å². The van der Waals surface area contributed by atoms with Crippen LogP contribution in [0.4, 0.5) is 8.78 Å². The molecule has 2 atom stereocenters. The summed E-state index contributed by atoms with van der Waals surface area (Å²) in [5.41, 5.74) is 5.54. The Morgan fingerprint density at radius 2 is 2.00 bits per heavy atom. The topological polar surface area (TPSA) is 46.3 Å². The molecule has 1 saturated carbocycles. The molecule has 1 amide bonds. The average Bonchev–Trinajstić information content (AvgIpc) is 2.90. The fourth-order valence-corrected chi connectivity index (χ4v) is 2.96. The van der Waals surface area contributed by atoms with Gasteiger partial charge in [0, 0.05) is 18.7 Å². The van der Waals surface area contributed by atoms with Crippen LogP contribution in [0, 0.1) is 17.6 Å². The minimum absolute atomic E-state index is 0.0855. The Morgan fingerprint density at radius 1 is 1.35 bits per heavy atom. The molecule has 1 aromatic carbocycles. The second-order valence-electron chi connectivity index (χ2n) is 5.38. The van der Waals surface area contributed by atoms with Gasteiger partial charge in [-0.2, -0.15) is 0 Å². The highest BCUT2D eigenvalue weighted by Gasteiger charge is 2.32. The summed E-state index contributed by atoms with van der Waals surface area (Å²) in [6, 6.07) is 3.72. The molecule has 0 saturated heterocycles. The number of benzene rings is 1. The average molecular weight is 282 g/mol. The van der Waals surface area contributed by atoms with Crippen LogP contribution in [0.15, 0.2) is 18.2 Å². The predicted molar refractivity (Wildman–Crippen MR) is 73.0 cm³/mol. The third-order valence-electron chi connectivity index (χ3n) is 4.20. The van der Waals surface area contributed by atoms with Crippen molar-refractivity contribution < 1.29 is 13.6 Å². The maximum absolute atomic E-state index is 13.6. The van der Waals surface area contributed by atoms with E-state index in [-0.39, 0.29) is 29.9 Å². The normalized spacial score (nSPS) is 22.0. The van der Waals surface area contributed by atoms with Crippen molar-refractivity contribution in [3.8, 4) is 0 Å². The molecule has 2 N–H and O–H groups in total. The number of rotatable bonds is 4.